The molecule has 0 fully saturated rings. The summed E-state index contributed by atoms with van der Waals surface area (Å²) in [5.41, 5.74) is 4.10. The Morgan fingerprint density at radius 1 is 1.33 bits per heavy atom. The van der Waals surface area contributed by atoms with Gasteiger partial charge in [0.2, 0.25) is 0 Å². The zero-order chi connectivity index (χ0) is 13.1. The van der Waals surface area contributed by atoms with Crippen LogP contribution in [0.1, 0.15) is 5.56 Å². The molecule has 1 unspecified atom stereocenters. The number of benzene rings is 1. The molecule has 0 saturated carbocycles. The van der Waals surface area contributed by atoms with E-state index in [0.717, 1.165) is 5.56 Å². The van der Waals surface area contributed by atoms with E-state index < -0.39 is 6.10 Å². The standard InChI is InChI=1S/C16H14O2/c1-2-16(17)12-8-14-18-13-7-6-11-15-9-4-3-5-10-15/h1,3-5,7,9-11,16-17H,13-14H2. The zero-order valence-corrected chi connectivity index (χ0v) is 9.97. The first kappa shape index (κ1) is 13.8. The smallest absolute Gasteiger partial charge is 0.176 e. The fourth-order valence-corrected chi connectivity index (χ4v) is 1.10. The summed E-state index contributed by atoms with van der Waals surface area (Å²) in [4.78, 5) is 0. The molecule has 1 atom stereocenters. The minimum atomic E-state index is -1.01. The Hall–Kier alpha value is -2.22. The summed E-state index contributed by atoms with van der Waals surface area (Å²) in [5, 5.41) is 8.93. The number of rotatable bonds is 4. The van der Waals surface area contributed by atoms with E-state index in [4.69, 9.17) is 16.3 Å². The van der Waals surface area contributed by atoms with Gasteiger partial charge in [0.25, 0.3) is 0 Å². The molecule has 0 spiro atoms. The molecule has 1 aromatic rings. The fraction of sp³-hybridized carbons (Fsp3) is 0.188. The monoisotopic (exact) mass is 238 g/mol. The maximum Gasteiger partial charge on any atom is 0.176 e. The molecular weight excluding hydrogens is 224 g/mol. The van der Waals surface area contributed by atoms with Crippen LogP contribution in [0.2, 0.25) is 0 Å². The van der Waals surface area contributed by atoms with Gasteiger partial charge in [-0.25, -0.2) is 0 Å². The predicted molar refractivity (Wildman–Crippen MR) is 72.4 cm³/mol. The molecule has 0 aliphatic carbocycles. The van der Waals surface area contributed by atoms with Gasteiger partial charge in [0, 0.05) is 0 Å². The Bertz CT molecular complexity index is 506. The molecule has 0 aliphatic heterocycles. The summed E-state index contributed by atoms with van der Waals surface area (Å²) < 4.78 is 5.18. The largest absolute Gasteiger partial charge is 0.369 e. The maximum absolute atomic E-state index is 8.93. The lowest BCUT2D eigenvalue weighted by Gasteiger charge is -1.91. The van der Waals surface area contributed by atoms with Crippen molar-refractivity contribution in [2.24, 2.45) is 0 Å². The molecule has 18 heavy (non-hydrogen) atoms. The maximum atomic E-state index is 8.93. The van der Waals surface area contributed by atoms with E-state index in [1.165, 1.54) is 0 Å². The summed E-state index contributed by atoms with van der Waals surface area (Å²) >= 11 is 0. The van der Waals surface area contributed by atoms with E-state index in [9.17, 15) is 0 Å². The van der Waals surface area contributed by atoms with Gasteiger partial charge in [-0.3, -0.25) is 0 Å². The molecule has 0 saturated heterocycles. The first-order chi connectivity index (χ1) is 8.83. The van der Waals surface area contributed by atoms with Crippen LogP contribution in [0.25, 0.3) is 6.08 Å². The van der Waals surface area contributed by atoms with Gasteiger partial charge >= 0.3 is 0 Å². The molecule has 90 valence electrons. The summed E-state index contributed by atoms with van der Waals surface area (Å²) in [6.45, 7) is 0.659. The SMILES string of the molecule is C#CC(O)C#CCOCC=C=Cc1ccccc1. The topological polar surface area (TPSA) is 29.5 Å². The van der Waals surface area contributed by atoms with Gasteiger partial charge in [-0.05, 0) is 17.7 Å². The van der Waals surface area contributed by atoms with Crippen molar-refractivity contribution in [2.45, 2.75) is 6.10 Å². The summed E-state index contributed by atoms with van der Waals surface area (Å²) in [7, 11) is 0. The van der Waals surface area contributed by atoms with Crippen LogP contribution in [0, 0.1) is 24.2 Å². The van der Waals surface area contributed by atoms with Gasteiger partial charge in [0.15, 0.2) is 6.10 Å². The first-order valence-electron chi connectivity index (χ1n) is 5.49. The van der Waals surface area contributed by atoms with Gasteiger partial charge in [0.1, 0.15) is 6.61 Å². The Morgan fingerprint density at radius 2 is 2.11 bits per heavy atom. The number of ether oxygens (including phenoxy) is 1. The molecule has 0 amide bonds. The normalized spacial score (nSPS) is 10.2. The van der Waals surface area contributed by atoms with Crippen molar-refractivity contribution < 1.29 is 9.84 Å². The minimum absolute atomic E-state index is 0.238. The second-order valence-electron chi connectivity index (χ2n) is 3.33. The van der Waals surface area contributed by atoms with Crippen LogP contribution in [0.3, 0.4) is 0 Å². The van der Waals surface area contributed by atoms with Crippen LogP contribution in [0.15, 0.2) is 42.1 Å². The van der Waals surface area contributed by atoms with Crippen LogP contribution >= 0.6 is 0 Å². The van der Waals surface area contributed by atoms with E-state index in [1.54, 1.807) is 6.08 Å². The molecule has 1 rings (SSSR count). The van der Waals surface area contributed by atoms with E-state index >= 15 is 0 Å². The highest BCUT2D eigenvalue weighted by molar-refractivity contribution is 5.47. The lowest BCUT2D eigenvalue weighted by molar-refractivity contribution is 0.199. The highest BCUT2D eigenvalue weighted by Gasteiger charge is 1.86. The zero-order valence-electron chi connectivity index (χ0n) is 9.97. The average Bonchev–Trinajstić information content (AvgIpc) is 2.42. The Balaban J connectivity index is 2.24. The minimum Gasteiger partial charge on any atom is -0.369 e. The summed E-state index contributed by atoms with van der Waals surface area (Å²) in [6.07, 6.45) is 7.57. The van der Waals surface area contributed by atoms with Crippen LogP contribution in [0.4, 0.5) is 0 Å². The van der Waals surface area contributed by atoms with Crippen molar-refractivity contribution in [3.8, 4) is 24.2 Å². The molecule has 0 aromatic heterocycles. The van der Waals surface area contributed by atoms with Crippen molar-refractivity contribution in [3.63, 3.8) is 0 Å². The number of hydrogen-bond donors (Lipinski definition) is 1. The lowest BCUT2D eigenvalue weighted by Crippen LogP contribution is -1.98. The molecule has 0 radical (unpaired) electrons. The third-order valence-corrected chi connectivity index (χ3v) is 1.94. The number of hydrogen-bond acceptors (Lipinski definition) is 2. The fourth-order valence-electron chi connectivity index (χ4n) is 1.10. The molecular formula is C16H14O2. The highest BCUT2D eigenvalue weighted by Crippen LogP contribution is 1.98. The van der Waals surface area contributed by atoms with E-state index in [2.05, 4.69) is 23.5 Å². The molecule has 0 aliphatic rings. The van der Waals surface area contributed by atoms with Gasteiger partial charge in [-0.1, -0.05) is 48.1 Å². The van der Waals surface area contributed by atoms with Crippen molar-refractivity contribution >= 4 is 6.08 Å². The molecule has 0 heterocycles. The molecule has 0 bridgehead atoms. The van der Waals surface area contributed by atoms with Crippen LogP contribution in [-0.4, -0.2) is 24.4 Å². The quantitative estimate of drug-likeness (QED) is 0.493. The number of aliphatic hydroxyl groups is 1. The van der Waals surface area contributed by atoms with Gasteiger partial charge < -0.3 is 9.84 Å². The van der Waals surface area contributed by atoms with Crippen LogP contribution in [0.5, 0.6) is 0 Å². The Labute approximate surface area is 108 Å². The molecule has 2 heteroatoms. The Morgan fingerprint density at radius 3 is 2.83 bits per heavy atom. The second-order valence-corrected chi connectivity index (χ2v) is 3.33. The van der Waals surface area contributed by atoms with Crippen molar-refractivity contribution in [1.82, 2.24) is 0 Å². The average molecular weight is 238 g/mol. The molecule has 1 N–H and O–H groups in total. The number of aliphatic hydroxyl groups excluding tert-OH is 1. The third kappa shape index (κ3) is 6.38. The van der Waals surface area contributed by atoms with E-state index in [-0.39, 0.29) is 6.61 Å². The van der Waals surface area contributed by atoms with E-state index in [1.807, 2.05) is 36.4 Å². The lowest BCUT2D eigenvalue weighted by atomic mass is 10.2. The first-order valence-corrected chi connectivity index (χ1v) is 5.49. The number of terminal acetylenes is 1. The van der Waals surface area contributed by atoms with Crippen molar-refractivity contribution in [1.29, 1.82) is 0 Å². The summed E-state index contributed by atoms with van der Waals surface area (Å²) in [6, 6.07) is 9.89. The molecule has 1 aromatic carbocycles. The van der Waals surface area contributed by atoms with Crippen molar-refractivity contribution in [2.75, 3.05) is 13.2 Å². The van der Waals surface area contributed by atoms with Gasteiger partial charge in [-0.15, -0.1) is 12.2 Å². The van der Waals surface area contributed by atoms with Crippen LogP contribution < -0.4 is 0 Å². The second kappa shape index (κ2) is 8.88. The third-order valence-electron chi connectivity index (χ3n) is 1.94. The summed E-state index contributed by atoms with van der Waals surface area (Å²) in [5.74, 6) is 7.17. The van der Waals surface area contributed by atoms with Crippen LogP contribution in [-0.2, 0) is 4.74 Å². The van der Waals surface area contributed by atoms with E-state index in [0.29, 0.717) is 6.61 Å². The Kier molecular flexibility index (Phi) is 6.83. The predicted octanol–water partition coefficient (Wildman–Crippen LogP) is 1.87. The van der Waals surface area contributed by atoms with Gasteiger partial charge in [-0.2, -0.15) is 0 Å². The highest BCUT2D eigenvalue weighted by atomic mass is 16.5. The van der Waals surface area contributed by atoms with Crippen molar-refractivity contribution in [3.05, 3.63) is 47.7 Å². The molecule has 2 nitrogen and oxygen atoms in total. The van der Waals surface area contributed by atoms with Gasteiger partial charge in [0.05, 0.1) is 6.61 Å².